The van der Waals surface area contributed by atoms with Crippen molar-refractivity contribution in [2.24, 2.45) is 5.92 Å². The number of methoxy groups -OCH3 is 1. The van der Waals surface area contributed by atoms with Crippen LogP contribution >= 0.6 is 0 Å². The van der Waals surface area contributed by atoms with Crippen LogP contribution in [0.2, 0.25) is 0 Å². The summed E-state index contributed by atoms with van der Waals surface area (Å²) in [7, 11) is 1.54. The van der Waals surface area contributed by atoms with Crippen LogP contribution in [-0.2, 0) is 20.9 Å². The van der Waals surface area contributed by atoms with Gasteiger partial charge in [-0.2, -0.15) is 0 Å². The first-order valence-electron chi connectivity index (χ1n) is 10.2. The molecule has 0 unspecified atom stereocenters. The second kappa shape index (κ2) is 11.2. The summed E-state index contributed by atoms with van der Waals surface area (Å²) in [6.45, 7) is 7.42. The molecule has 0 saturated carbocycles. The Bertz CT molecular complexity index is 891. The second-order valence-electron chi connectivity index (χ2n) is 7.71. The van der Waals surface area contributed by atoms with E-state index >= 15 is 0 Å². The van der Waals surface area contributed by atoms with Crippen molar-refractivity contribution in [2.75, 3.05) is 7.11 Å². The monoisotopic (exact) mass is 426 g/mol. The predicted octanol–water partition coefficient (Wildman–Crippen LogP) is 3.01. The van der Waals surface area contributed by atoms with E-state index in [-0.39, 0.29) is 5.92 Å². The molecular weight excluding hydrogens is 396 g/mol. The Hall–Kier alpha value is -3.35. The molecule has 2 rings (SSSR count). The molecule has 2 amide bonds. The van der Waals surface area contributed by atoms with Gasteiger partial charge in [-0.25, -0.2) is 4.79 Å². The van der Waals surface area contributed by atoms with Gasteiger partial charge in [0.15, 0.2) is 6.10 Å². The topological polar surface area (TPSA) is 93.7 Å². The van der Waals surface area contributed by atoms with Crippen molar-refractivity contribution in [3.63, 3.8) is 0 Å². The highest BCUT2D eigenvalue weighted by atomic mass is 16.5. The zero-order valence-electron chi connectivity index (χ0n) is 18.6. The van der Waals surface area contributed by atoms with E-state index in [1.54, 1.807) is 38.1 Å². The highest BCUT2D eigenvalue weighted by Crippen LogP contribution is 2.13. The maximum absolute atomic E-state index is 12.6. The first kappa shape index (κ1) is 23.9. The molecule has 0 aliphatic carbocycles. The molecule has 7 heteroatoms. The molecule has 0 aromatic heterocycles. The average molecular weight is 427 g/mol. The van der Waals surface area contributed by atoms with Crippen molar-refractivity contribution < 1.29 is 23.9 Å². The van der Waals surface area contributed by atoms with Gasteiger partial charge in [0.05, 0.1) is 7.11 Å². The molecule has 7 nitrogen and oxygen atoms in total. The lowest BCUT2D eigenvalue weighted by Crippen LogP contribution is -2.47. The summed E-state index contributed by atoms with van der Waals surface area (Å²) >= 11 is 0. The SMILES string of the molecule is COc1ccc(C(=O)N[C@H](C(=O)O[C@H](C)C(=O)NCc2ccc(C)cc2)C(C)C)cc1. The standard InChI is InChI=1S/C24H30N2O5/c1-15(2)21(26-23(28)19-10-12-20(30-5)13-11-19)24(29)31-17(4)22(27)25-14-18-8-6-16(3)7-9-18/h6-13,15,17,21H,14H2,1-5H3,(H,25,27)(H,26,28)/t17-,21+/m1/s1. The molecular formula is C24H30N2O5. The fourth-order valence-corrected chi connectivity index (χ4v) is 2.80. The van der Waals surface area contributed by atoms with E-state index in [0.717, 1.165) is 11.1 Å². The minimum Gasteiger partial charge on any atom is -0.497 e. The highest BCUT2D eigenvalue weighted by Gasteiger charge is 2.29. The summed E-state index contributed by atoms with van der Waals surface area (Å²) in [5, 5.41) is 5.45. The van der Waals surface area contributed by atoms with Gasteiger partial charge in [0, 0.05) is 12.1 Å². The van der Waals surface area contributed by atoms with E-state index in [1.807, 2.05) is 31.2 Å². The van der Waals surface area contributed by atoms with Crippen molar-refractivity contribution in [2.45, 2.75) is 46.4 Å². The van der Waals surface area contributed by atoms with Gasteiger partial charge < -0.3 is 20.1 Å². The summed E-state index contributed by atoms with van der Waals surface area (Å²) in [6, 6.07) is 13.4. The normalized spacial score (nSPS) is 12.6. The van der Waals surface area contributed by atoms with E-state index in [0.29, 0.717) is 17.9 Å². The van der Waals surface area contributed by atoms with Gasteiger partial charge in [-0.05, 0) is 49.6 Å². The number of carbonyl (C=O) groups is 3. The number of hydrogen-bond donors (Lipinski definition) is 2. The number of amides is 2. The average Bonchev–Trinajstić information content (AvgIpc) is 2.76. The van der Waals surface area contributed by atoms with Crippen molar-refractivity contribution in [1.82, 2.24) is 10.6 Å². The molecule has 31 heavy (non-hydrogen) atoms. The molecule has 2 aromatic carbocycles. The maximum Gasteiger partial charge on any atom is 0.329 e. The Morgan fingerprint density at radius 1 is 0.935 bits per heavy atom. The van der Waals surface area contributed by atoms with E-state index in [4.69, 9.17) is 9.47 Å². The smallest absolute Gasteiger partial charge is 0.329 e. The van der Waals surface area contributed by atoms with Crippen LogP contribution in [0, 0.1) is 12.8 Å². The lowest BCUT2D eigenvalue weighted by atomic mass is 10.0. The summed E-state index contributed by atoms with van der Waals surface area (Å²) in [4.78, 5) is 37.5. The Kier molecular flexibility index (Phi) is 8.61. The van der Waals surface area contributed by atoms with E-state index in [9.17, 15) is 14.4 Å². The summed E-state index contributed by atoms with van der Waals surface area (Å²) in [5.41, 5.74) is 2.47. The zero-order chi connectivity index (χ0) is 23.0. The van der Waals surface area contributed by atoms with Gasteiger partial charge in [-0.3, -0.25) is 9.59 Å². The van der Waals surface area contributed by atoms with Crippen LogP contribution in [-0.4, -0.2) is 37.0 Å². The van der Waals surface area contributed by atoms with Gasteiger partial charge in [-0.15, -0.1) is 0 Å². The van der Waals surface area contributed by atoms with Gasteiger partial charge in [0.2, 0.25) is 0 Å². The number of ether oxygens (including phenoxy) is 2. The molecule has 0 fully saturated rings. The lowest BCUT2D eigenvalue weighted by Gasteiger charge is -2.23. The van der Waals surface area contributed by atoms with Crippen LogP contribution in [0.15, 0.2) is 48.5 Å². The Labute approximate surface area is 183 Å². The van der Waals surface area contributed by atoms with Crippen LogP contribution < -0.4 is 15.4 Å². The molecule has 0 aliphatic heterocycles. The van der Waals surface area contributed by atoms with E-state index in [1.165, 1.54) is 14.0 Å². The fourth-order valence-electron chi connectivity index (χ4n) is 2.80. The van der Waals surface area contributed by atoms with Crippen LogP contribution in [0.5, 0.6) is 5.75 Å². The van der Waals surface area contributed by atoms with Crippen LogP contribution in [0.3, 0.4) is 0 Å². The number of esters is 1. The molecule has 0 radical (unpaired) electrons. The minimum absolute atomic E-state index is 0.225. The van der Waals surface area contributed by atoms with Gasteiger partial charge in [-0.1, -0.05) is 43.7 Å². The Balaban J connectivity index is 1.92. The van der Waals surface area contributed by atoms with Gasteiger partial charge >= 0.3 is 5.97 Å². The zero-order valence-corrected chi connectivity index (χ0v) is 18.6. The first-order valence-corrected chi connectivity index (χ1v) is 10.2. The molecule has 166 valence electrons. The number of carbonyl (C=O) groups excluding carboxylic acids is 3. The van der Waals surface area contributed by atoms with Crippen molar-refractivity contribution in [3.8, 4) is 5.75 Å². The summed E-state index contributed by atoms with van der Waals surface area (Å²) < 4.78 is 10.4. The Morgan fingerprint density at radius 3 is 2.10 bits per heavy atom. The minimum atomic E-state index is -0.989. The third-order valence-corrected chi connectivity index (χ3v) is 4.81. The molecule has 2 aromatic rings. The highest BCUT2D eigenvalue weighted by molar-refractivity contribution is 5.97. The number of hydrogen-bond acceptors (Lipinski definition) is 5. The third kappa shape index (κ3) is 7.13. The number of rotatable bonds is 9. The third-order valence-electron chi connectivity index (χ3n) is 4.81. The van der Waals surface area contributed by atoms with Crippen molar-refractivity contribution >= 4 is 17.8 Å². The molecule has 2 atom stereocenters. The van der Waals surface area contributed by atoms with Crippen molar-refractivity contribution in [3.05, 3.63) is 65.2 Å². The maximum atomic E-state index is 12.6. The number of benzene rings is 2. The number of nitrogens with one attached hydrogen (secondary N) is 2. The van der Waals surface area contributed by atoms with Crippen LogP contribution in [0.4, 0.5) is 0 Å². The largest absolute Gasteiger partial charge is 0.497 e. The molecule has 0 spiro atoms. The quantitative estimate of drug-likeness (QED) is 0.601. The summed E-state index contributed by atoms with van der Waals surface area (Å²) in [5.74, 6) is -1.07. The van der Waals surface area contributed by atoms with E-state index < -0.39 is 29.9 Å². The molecule has 0 aliphatic rings. The number of aryl methyl sites for hydroxylation is 1. The van der Waals surface area contributed by atoms with Crippen LogP contribution in [0.1, 0.15) is 42.3 Å². The molecule has 0 heterocycles. The second-order valence-corrected chi connectivity index (χ2v) is 7.71. The molecule has 2 N–H and O–H groups in total. The van der Waals surface area contributed by atoms with Gasteiger partial charge in [0.25, 0.3) is 11.8 Å². The van der Waals surface area contributed by atoms with Crippen LogP contribution in [0.25, 0.3) is 0 Å². The van der Waals surface area contributed by atoms with E-state index in [2.05, 4.69) is 10.6 Å². The Morgan fingerprint density at radius 2 is 1.55 bits per heavy atom. The van der Waals surface area contributed by atoms with Gasteiger partial charge in [0.1, 0.15) is 11.8 Å². The van der Waals surface area contributed by atoms with Crippen molar-refractivity contribution in [1.29, 1.82) is 0 Å². The lowest BCUT2D eigenvalue weighted by molar-refractivity contribution is -0.157. The fraction of sp³-hybridized carbons (Fsp3) is 0.375. The predicted molar refractivity (Wildman–Crippen MR) is 118 cm³/mol. The summed E-state index contributed by atoms with van der Waals surface area (Å²) in [6.07, 6.45) is -0.989. The first-order chi connectivity index (χ1) is 14.7. The molecule has 0 saturated heterocycles. The molecule has 0 bridgehead atoms.